The van der Waals surface area contributed by atoms with Crippen LogP contribution < -0.4 is 10.1 Å². The van der Waals surface area contributed by atoms with E-state index < -0.39 is 0 Å². The van der Waals surface area contributed by atoms with Gasteiger partial charge in [-0.2, -0.15) is 5.10 Å². The number of rotatable bonds is 4. The molecule has 0 radical (unpaired) electrons. The van der Waals surface area contributed by atoms with Gasteiger partial charge < -0.3 is 15.0 Å². The molecule has 0 aromatic carbocycles. The van der Waals surface area contributed by atoms with Crippen LogP contribution in [0.4, 0.5) is 10.5 Å². The van der Waals surface area contributed by atoms with Crippen molar-refractivity contribution >= 4 is 11.7 Å². The predicted molar refractivity (Wildman–Crippen MR) is 116 cm³/mol. The zero-order valence-electron chi connectivity index (χ0n) is 17.5. The molecule has 2 fully saturated rings. The third-order valence-electron chi connectivity index (χ3n) is 6.27. The maximum atomic E-state index is 12.8. The summed E-state index contributed by atoms with van der Waals surface area (Å²) in [5.41, 5.74) is 1.84. The normalized spacial score (nSPS) is 25.1. The van der Waals surface area contributed by atoms with E-state index in [9.17, 15) is 4.79 Å². The molecule has 2 aliphatic rings. The average Bonchev–Trinajstić information content (AvgIpc) is 3.40. The van der Waals surface area contributed by atoms with Crippen LogP contribution in [0, 0.1) is 18.8 Å². The Balaban J connectivity index is 1.32. The Hall–Kier alpha value is -3.42. The van der Waals surface area contributed by atoms with Crippen molar-refractivity contribution in [2.45, 2.75) is 31.9 Å². The lowest BCUT2D eigenvalue weighted by atomic mass is 9.77. The Bertz CT molecular complexity index is 1020. The lowest BCUT2D eigenvalue weighted by molar-refractivity contribution is 0.0459. The highest BCUT2D eigenvalue weighted by atomic mass is 16.5. The second-order valence-corrected chi connectivity index (χ2v) is 8.46. The van der Waals surface area contributed by atoms with Crippen molar-refractivity contribution in [3.63, 3.8) is 0 Å². The fourth-order valence-electron chi connectivity index (χ4n) is 4.79. The number of hydrogen-bond acceptors (Lipinski definition) is 5. The Morgan fingerprint density at radius 2 is 1.97 bits per heavy atom. The summed E-state index contributed by atoms with van der Waals surface area (Å²) in [6.07, 6.45) is 10.8. The molecule has 3 aromatic heterocycles. The number of ether oxygens (including phenoxy) is 1. The summed E-state index contributed by atoms with van der Waals surface area (Å²) in [6, 6.07) is 9.40. The monoisotopic (exact) mass is 418 g/mol. The smallest absolute Gasteiger partial charge is 0.321 e. The van der Waals surface area contributed by atoms with E-state index in [0.29, 0.717) is 23.4 Å². The highest BCUT2D eigenvalue weighted by Crippen LogP contribution is 2.42. The molecule has 4 atom stereocenters. The number of urea groups is 1. The molecule has 4 heterocycles. The fourth-order valence-corrected chi connectivity index (χ4v) is 4.79. The summed E-state index contributed by atoms with van der Waals surface area (Å²) in [5.74, 6) is 1.43. The van der Waals surface area contributed by atoms with Gasteiger partial charge >= 0.3 is 6.03 Å². The molecular formula is C23H26N6O2. The van der Waals surface area contributed by atoms with Crippen molar-refractivity contribution in [2.75, 3.05) is 18.4 Å². The Morgan fingerprint density at radius 1 is 1.10 bits per heavy atom. The number of carbonyl (C=O) groups excluding carboxylic acids is 1. The molecule has 0 spiro atoms. The molecule has 8 nitrogen and oxygen atoms in total. The summed E-state index contributed by atoms with van der Waals surface area (Å²) in [6.45, 7) is 3.51. The van der Waals surface area contributed by atoms with Gasteiger partial charge in [-0.1, -0.05) is 6.07 Å². The minimum atomic E-state index is -0.0731. The van der Waals surface area contributed by atoms with Crippen molar-refractivity contribution in [1.82, 2.24) is 24.6 Å². The Labute approximate surface area is 181 Å². The molecule has 1 aliphatic carbocycles. The Kier molecular flexibility index (Phi) is 5.28. The van der Waals surface area contributed by atoms with E-state index in [1.54, 1.807) is 18.6 Å². The van der Waals surface area contributed by atoms with Crippen LogP contribution in [0.2, 0.25) is 0 Å². The third-order valence-corrected chi connectivity index (χ3v) is 6.27. The third kappa shape index (κ3) is 4.23. The van der Waals surface area contributed by atoms with Crippen LogP contribution in [0.5, 0.6) is 5.88 Å². The van der Waals surface area contributed by atoms with E-state index in [-0.39, 0.29) is 18.2 Å². The lowest BCUT2D eigenvalue weighted by Crippen LogP contribution is -2.40. The number of pyridine rings is 2. The maximum Gasteiger partial charge on any atom is 0.321 e. The van der Waals surface area contributed by atoms with E-state index in [1.165, 1.54) is 0 Å². The van der Waals surface area contributed by atoms with Crippen molar-refractivity contribution < 1.29 is 9.53 Å². The largest absolute Gasteiger partial charge is 0.472 e. The second-order valence-electron chi connectivity index (χ2n) is 8.46. The molecule has 8 heteroatoms. The standard InChI is InChI=1S/C23H26N6O2/c1-16-11-26-29(13-16)20-9-17-14-28(23(30)27-19-5-4-7-24-12-19)15-18(17)10-21(20)31-22-6-2-3-8-25-22/h2-8,11-13,17-18,20-21H,9-10,14-15H2,1H3,(H,27,30)/t17-,18+,20-,21-/m0/s1. The van der Waals surface area contributed by atoms with Gasteiger partial charge in [-0.15, -0.1) is 0 Å². The molecule has 3 aromatic rings. The van der Waals surface area contributed by atoms with Gasteiger partial charge in [0.2, 0.25) is 5.88 Å². The Morgan fingerprint density at radius 3 is 2.68 bits per heavy atom. The van der Waals surface area contributed by atoms with Gasteiger partial charge in [-0.05, 0) is 55.4 Å². The molecule has 1 saturated carbocycles. The van der Waals surface area contributed by atoms with Crippen LogP contribution in [0.15, 0.2) is 61.3 Å². The van der Waals surface area contributed by atoms with E-state index in [0.717, 1.165) is 31.5 Å². The first-order valence-corrected chi connectivity index (χ1v) is 10.7. The van der Waals surface area contributed by atoms with Crippen LogP contribution in [0.3, 0.4) is 0 Å². The quantitative estimate of drug-likeness (QED) is 0.700. The lowest BCUT2D eigenvalue weighted by Gasteiger charge is -2.37. The van der Waals surface area contributed by atoms with Gasteiger partial charge in [-0.25, -0.2) is 9.78 Å². The zero-order valence-corrected chi connectivity index (χ0v) is 17.5. The van der Waals surface area contributed by atoms with Crippen LogP contribution in [0.25, 0.3) is 0 Å². The molecule has 2 amide bonds. The van der Waals surface area contributed by atoms with Gasteiger partial charge in [0.05, 0.1) is 24.1 Å². The van der Waals surface area contributed by atoms with Gasteiger partial charge in [0, 0.05) is 37.7 Å². The molecule has 0 unspecified atom stereocenters. The SMILES string of the molecule is Cc1cnn([C@H]2C[C@H]3CN(C(=O)Nc4cccnc4)C[C@H]3C[C@@H]2Oc2ccccn2)c1. The van der Waals surface area contributed by atoms with Crippen LogP contribution >= 0.6 is 0 Å². The van der Waals surface area contributed by atoms with E-state index in [2.05, 4.69) is 26.6 Å². The molecular weight excluding hydrogens is 392 g/mol. The molecule has 160 valence electrons. The number of amides is 2. The first-order chi connectivity index (χ1) is 15.2. The maximum absolute atomic E-state index is 12.8. The molecule has 1 saturated heterocycles. The van der Waals surface area contributed by atoms with E-state index in [1.807, 2.05) is 53.0 Å². The van der Waals surface area contributed by atoms with Gasteiger partial charge in [0.1, 0.15) is 6.10 Å². The second kappa shape index (κ2) is 8.37. The number of likely N-dealkylation sites (tertiary alicyclic amines) is 1. The summed E-state index contributed by atoms with van der Waals surface area (Å²) < 4.78 is 8.36. The van der Waals surface area contributed by atoms with E-state index in [4.69, 9.17) is 4.74 Å². The zero-order chi connectivity index (χ0) is 21.2. The minimum absolute atomic E-state index is 0.0446. The predicted octanol–water partition coefficient (Wildman–Crippen LogP) is 3.54. The summed E-state index contributed by atoms with van der Waals surface area (Å²) in [5, 5.41) is 7.53. The number of hydrogen-bond donors (Lipinski definition) is 1. The summed E-state index contributed by atoms with van der Waals surface area (Å²) >= 11 is 0. The molecule has 31 heavy (non-hydrogen) atoms. The average molecular weight is 419 g/mol. The van der Waals surface area contributed by atoms with Crippen molar-refractivity contribution in [1.29, 1.82) is 0 Å². The number of aryl methyl sites for hydroxylation is 1. The van der Waals surface area contributed by atoms with Crippen molar-refractivity contribution in [3.05, 3.63) is 66.9 Å². The molecule has 1 aliphatic heterocycles. The van der Waals surface area contributed by atoms with Crippen molar-refractivity contribution in [3.8, 4) is 5.88 Å². The van der Waals surface area contributed by atoms with Crippen LogP contribution in [0.1, 0.15) is 24.4 Å². The molecule has 1 N–H and O–H groups in total. The number of nitrogens with zero attached hydrogens (tertiary/aromatic N) is 5. The van der Waals surface area contributed by atoms with Crippen LogP contribution in [-0.2, 0) is 0 Å². The highest BCUT2D eigenvalue weighted by molar-refractivity contribution is 5.89. The number of nitrogens with one attached hydrogen (secondary N) is 1. The van der Waals surface area contributed by atoms with Crippen LogP contribution in [-0.4, -0.2) is 49.9 Å². The highest BCUT2D eigenvalue weighted by Gasteiger charge is 2.45. The number of fused-ring (bicyclic) bond motifs is 1. The topological polar surface area (TPSA) is 85.2 Å². The van der Waals surface area contributed by atoms with E-state index >= 15 is 0 Å². The van der Waals surface area contributed by atoms with Crippen molar-refractivity contribution in [2.24, 2.45) is 11.8 Å². The number of anilines is 1. The summed E-state index contributed by atoms with van der Waals surface area (Å²) in [4.78, 5) is 23.1. The fraction of sp³-hybridized carbons (Fsp3) is 0.391. The number of carbonyl (C=O) groups is 1. The first kappa shape index (κ1) is 19.5. The number of aromatic nitrogens is 4. The molecule has 0 bridgehead atoms. The van der Waals surface area contributed by atoms with Gasteiger partial charge in [0.25, 0.3) is 0 Å². The molecule has 5 rings (SSSR count). The van der Waals surface area contributed by atoms with Gasteiger partial charge in [0.15, 0.2) is 0 Å². The summed E-state index contributed by atoms with van der Waals surface area (Å²) in [7, 11) is 0. The minimum Gasteiger partial charge on any atom is -0.472 e. The first-order valence-electron chi connectivity index (χ1n) is 10.7. The van der Waals surface area contributed by atoms with Gasteiger partial charge in [-0.3, -0.25) is 9.67 Å².